The van der Waals surface area contributed by atoms with E-state index in [0.29, 0.717) is 18.0 Å². The highest BCUT2D eigenvalue weighted by Gasteiger charge is 2.16. The third-order valence-electron chi connectivity index (χ3n) is 2.85. The first-order valence-electron chi connectivity index (χ1n) is 6.62. The largest absolute Gasteiger partial charge is 0.495 e. The van der Waals surface area contributed by atoms with Gasteiger partial charge in [-0.1, -0.05) is 33.8 Å². The summed E-state index contributed by atoms with van der Waals surface area (Å²) in [4.78, 5) is 11.7. The van der Waals surface area contributed by atoms with Crippen LogP contribution in [0.15, 0.2) is 18.2 Å². The molecule has 0 aromatic heterocycles. The second-order valence-corrected chi connectivity index (χ2v) is 5.55. The van der Waals surface area contributed by atoms with Crippen LogP contribution in [0.3, 0.4) is 0 Å². The molecule has 0 bridgehead atoms. The van der Waals surface area contributed by atoms with Gasteiger partial charge in [-0.05, 0) is 29.5 Å². The van der Waals surface area contributed by atoms with Gasteiger partial charge in [0.05, 0.1) is 12.8 Å². The number of methoxy groups -OCH3 is 1. The molecule has 4 heteroatoms. The molecular formula is C15H24N2O2. The highest BCUT2D eigenvalue weighted by atomic mass is 16.5. The summed E-state index contributed by atoms with van der Waals surface area (Å²) in [5, 5.41) is 5.62. The maximum Gasteiger partial charge on any atom is 0.319 e. The standard InChI is InChI=1S/C15H24N2O2/c1-6-9-16-14(18)17-12-10-11(15(2,3)4)7-8-13(12)19-5/h7-8,10H,6,9H2,1-5H3,(H2,16,17,18). The molecule has 0 atom stereocenters. The van der Waals surface area contributed by atoms with Crippen LogP contribution in [0.25, 0.3) is 0 Å². The number of amides is 2. The van der Waals surface area contributed by atoms with Crippen molar-refractivity contribution in [3.05, 3.63) is 23.8 Å². The number of hydrogen-bond acceptors (Lipinski definition) is 2. The molecule has 0 saturated carbocycles. The van der Waals surface area contributed by atoms with E-state index in [0.717, 1.165) is 12.0 Å². The highest BCUT2D eigenvalue weighted by Crippen LogP contribution is 2.31. The van der Waals surface area contributed by atoms with Gasteiger partial charge in [0.15, 0.2) is 0 Å². The van der Waals surface area contributed by atoms with Gasteiger partial charge in [0, 0.05) is 6.54 Å². The first-order valence-corrected chi connectivity index (χ1v) is 6.62. The summed E-state index contributed by atoms with van der Waals surface area (Å²) in [5.41, 5.74) is 1.88. The number of urea groups is 1. The van der Waals surface area contributed by atoms with Crippen LogP contribution in [0.4, 0.5) is 10.5 Å². The van der Waals surface area contributed by atoms with Gasteiger partial charge in [-0.15, -0.1) is 0 Å². The Balaban J connectivity index is 2.93. The van der Waals surface area contributed by atoms with E-state index in [4.69, 9.17) is 4.74 Å². The van der Waals surface area contributed by atoms with E-state index in [1.54, 1.807) is 7.11 Å². The molecule has 4 nitrogen and oxygen atoms in total. The van der Waals surface area contributed by atoms with E-state index in [1.165, 1.54) is 0 Å². The van der Waals surface area contributed by atoms with E-state index in [2.05, 4.69) is 31.4 Å². The molecule has 1 rings (SSSR count). The van der Waals surface area contributed by atoms with Gasteiger partial charge >= 0.3 is 6.03 Å². The van der Waals surface area contributed by atoms with Crippen LogP contribution in [0.5, 0.6) is 5.75 Å². The Bertz CT molecular complexity index is 436. The number of nitrogens with one attached hydrogen (secondary N) is 2. The molecule has 106 valence electrons. The average molecular weight is 264 g/mol. The first-order chi connectivity index (χ1) is 8.88. The van der Waals surface area contributed by atoms with Crippen LogP contribution < -0.4 is 15.4 Å². The van der Waals surface area contributed by atoms with Crippen LogP contribution in [-0.4, -0.2) is 19.7 Å². The third kappa shape index (κ3) is 4.47. The lowest BCUT2D eigenvalue weighted by Crippen LogP contribution is -2.29. The zero-order valence-electron chi connectivity index (χ0n) is 12.5. The van der Waals surface area contributed by atoms with Crippen molar-refractivity contribution in [2.45, 2.75) is 39.5 Å². The maximum absolute atomic E-state index is 11.7. The first kappa shape index (κ1) is 15.3. The number of carbonyl (C=O) groups is 1. The Hall–Kier alpha value is -1.71. The highest BCUT2D eigenvalue weighted by molar-refractivity contribution is 5.91. The minimum Gasteiger partial charge on any atom is -0.495 e. The number of carbonyl (C=O) groups excluding carboxylic acids is 1. The van der Waals surface area contributed by atoms with Crippen LogP contribution in [0, 0.1) is 0 Å². The Morgan fingerprint density at radius 3 is 2.53 bits per heavy atom. The zero-order valence-corrected chi connectivity index (χ0v) is 12.5. The second-order valence-electron chi connectivity index (χ2n) is 5.55. The fourth-order valence-corrected chi connectivity index (χ4v) is 1.68. The van der Waals surface area contributed by atoms with Gasteiger partial charge in [0.25, 0.3) is 0 Å². The van der Waals surface area contributed by atoms with E-state index in [-0.39, 0.29) is 11.4 Å². The van der Waals surface area contributed by atoms with Crippen molar-refractivity contribution < 1.29 is 9.53 Å². The molecule has 0 aliphatic carbocycles. The van der Waals surface area contributed by atoms with Crippen molar-refractivity contribution in [1.29, 1.82) is 0 Å². The van der Waals surface area contributed by atoms with Gasteiger partial charge in [0.2, 0.25) is 0 Å². The molecule has 0 saturated heterocycles. The van der Waals surface area contributed by atoms with E-state index < -0.39 is 0 Å². The Kier molecular flexibility index (Phi) is 5.21. The monoisotopic (exact) mass is 264 g/mol. The lowest BCUT2D eigenvalue weighted by atomic mass is 9.87. The van der Waals surface area contributed by atoms with Gasteiger partial charge in [-0.3, -0.25) is 0 Å². The SMILES string of the molecule is CCCNC(=O)Nc1cc(C(C)(C)C)ccc1OC. The number of ether oxygens (including phenoxy) is 1. The Morgan fingerprint density at radius 1 is 1.32 bits per heavy atom. The summed E-state index contributed by atoms with van der Waals surface area (Å²) in [5.74, 6) is 0.666. The van der Waals surface area contributed by atoms with Crippen LogP contribution >= 0.6 is 0 Å². The topological polar surface area (TPSA) is 50.4 Å². The molecule has 0 aliphatic heterocycles. The predicted octanol–water partition coefficient (Wildman–Crippen LogP) is 3.52. The minimum absolute atomic E-state index is 0.0304. The molecule has 0 fully saturated rings. The van der Waals surface area contributed by atoms with Crippen LogP contribution in [0.2, 0.25) is 0 Å². The summed E-state index contributed by atoms with van der Waals surface area (Å²) >= 11 is 0. The van der Waals surface area contributed by atoms with Gasteiger partial charge in [0.1, 0.15) is 5.75 Å². The molecule has 0 unspecified atom stereocenters. The van der Waals surface area contributed by atoms with Crippen molar-refractivity contribution in [1.82, 2.24) is 5.32 Å². The fourth-order valence-electron chi connectivity index (χ4n) is 1.68. The van der Waals surface area contributed by atoms with Gasteiger partial charge in [-0.2, -0.15) is 0 Å². The second kappa shape index (κ2) is 6.45. The summed E-state index contributed by atoms with van der Waals surface area (Å²) in [6.07, 6.45) is 0.909. The van der Waals surface area contributed by atoms with Gasteiger partial charge < -0.3 is 15.4 Å². The Morgan fingerprint density at radius 2 is 2.00 bits per heavy atom. The van der Waals surface area contributed by atoms with Crippen LogP contribution in [-0.2, 0) is 5.41 Å². The lowest BCUT2D eigenvalue weighted by molar-refractivity contribution is 0.252. The van der Waals surface area contributed by atoms with Crippen molar-refractivity contribution in [2.24, 2.45) is 0 Å². The molecule has 19 heavy (non-hydrogen) atoms. The quantitative estimate of drug-likeness (QED) is 0.874. The molecule has 2 N–H and O–H groups in total. The maximum atomic E-state index is 11.7. The van der Waals surface area contributed by atoms with Crippen molar-refractivity contribution in [3.63, 3.8) is 0 Å². The van der Waals surface area contributed by atoms with Crippen LogP contribution in [0.1, 0.15) is 39.7 Å². The van der Waals surface area contributed by atoms with Crippen molar-refractivity contribution in [3.8, 4) is 5.75 Å². The molecule has 0 heterocycles. The molecule has 1 aromatic carbocycles. The lowest BCUT2D eigenvalue weighted by Gasteiger charge is -2.21. The number of hydrogen-bond donors (Lipinski definition) is 2. The normalized spacial score (nSPS) is 11.0. The summed E-state index contributed by atoms with van der Waals surface area (Å²) in [6.45, 7) is 9.08. The molecule has 1 aromatic rings. The molecular weight excluding hydrogens is 240 g/mol. The zero-order chi connectivity index (χ0) is 14.5. The number of benzene rings is 1. The number of rotatable bonds is 4. The molecule has 0 radical (unpaired) electrons. The van der Waals surface area contributed by atoms with E-state index in [1.807, 2.05) is 25.1 Å². The summed E-state index contributed by atoms with van der Waals surface area (Å²) in [7, 11) is 1.60. The molecule has 0 aliphatic rings. The summed E-state index contributed by atoms with van der Waals surface area (Å²) < 4.78 is 5.28. The van der Waals surface area contributed by atoms with Crippen molar-refractivity contribution >= 4 is 11.7 Å². The van der Waals surface area contributed by atoms with E-state index >= 15 is 0 Å². The predicted molar refractivity (Wildman–Crippen MR) is 79.0 cm³/mol. The Labute approximate surface area is 115 Å². The number of anilines is 1. The third-order valence-corrected chi connectivity index (χ3v) is 2.85. The van der Waals surface area contributed by atoms with E-state index in [9.17, 15) is 4.79 Å². The smallest absolute Gasteiger partial charge is 0.319 e. The molecule has 0 spiro atoms. The fraction of sp³-hybridized carbons (Fsp3) is 0.533. The minimum atomic E-state index is -0.203. The average Bonchev–Trinajstić information content (AvgIpc) is 2.35. The van der Waals surface area contributed by atoms with Gasteiger partial charge in [-0.25, -0.2) is 4.79 Å². The van der Waals surface area contributed by atoms with Crippen molar-refractivity contribution in [2.75, 3.05) is 19.0 Å². The summed E-state index contributed by atoms with van der Waals surface area (Å²) in [6, 6.07) is 5.67. The molecule has 2 amide bonds.